The second-order valence-electron chi connectivity index (χ2n) is 4.80. The Hall–Kier alpha value is -0.380. The van der Waals surface area contributed by atoms with Gasteiger partial charge in [-0.25, -0.2) is 0 Å². The lowest BCUT2D eigenvalue weighted by molar-refractivity contribution is 0.220. The van der Waals surface area contributed by atoms with Crippen LogP contribution in [0.5, 0.6) is 0 Å². The Morgan fingerprint density at radius 3 is 2.93 bits per heavy atom. The molecule has 0 bridgehead atoms. The van der Waals surface area contributed by atoms with E-state index in [0.29, 0.717) is 5.41 Å². The highest BCUT2D eigenvalue weighted by Gasteiger charge is 2.25. The third-order valence-electron chi connectivity index (χ3n) is 3.27. The van der Waals surface area contributed by atoms with E-state index >= 15 is 0 Å². The zero-order valence-electron chi connectivity index (χ0n) is 9.38. The summed E-state index contributed by atoms with van der Waals surface area (Å²) in [7, 11) is 0. The molecule has 2 rings (SSSR count). The van der Waals surface area contributed by atoms with Crippen molar-refractivity contribution in [3.05, 3.63) is 22.4 Å². The van der Waals surface area contributed by atoms with Crippen LogP contribution < -0.4 is 10.6 Å². The summed E-state index contributed by atoms with van der Waals surface area (Å²) >= 11 is 1.77. The summed E-state index contributed by atoms with van der Waals surface area (Å²) in [6, 6.07) is 2.20. The van der Waals surface area contributed by atoms with Crippen molar-refractivity contribution in [3.8, 4) is 0 Å². The van der Waals surface area contributed by atoms with Crippen molar-refractivity contribution in [2.45, 2.75) is 26.3 Å². The van der Waals surface area contributed by atoms with Gasteiger partial charge in [0.25, 0.3) is 0 Å². The Morgan fingerprint density at radius 2 is 2.27 bits per heavy atom. The number of rotatable bonds is 4. The van der Waals surface area contributed by atoms with Crippen LogP contribution in [0.3, 0.4) is 0 Å². The van der Waals surface area contributed by atoms with Gasteiger partial charge >= 0.3 is 0 Å². The smallest absolute Gasteiger partial charge is 0.0213 e. The Labute approximate surface area is 96.1 Å². The van der Waals surface area contributed by atoms with Crippen LogP contribution in [0.15, 0.2) is 16.8 Å². The summed E-state index contributed by atoms with van der Waals surface area (Å²) in [5.74, 6) is 0. The van der Waals surface area contributed by atoms with Gasteiger partial charge < -0.3 is 10.6 Å². The second-order valence-corrected chi connectivity index (χ2v) is 5.58. The lowest BCUT2D eigenvalue weighted by Crippen LogP contribution is -2.41. The molecule has 84 valence electrons. The van der Waals surface area contributed by atoms with Gasteiger partial charge in [-0.15, -0.1) is 0 Å². The fourth-order valence-corrected chi connectivity index (χ4v) is 2.78. The lowest BCUT2D eigenvalue weighted by atomic mass is 9.81. The Bertz CT molecular complexity index is 276. The largest absolute Gasteiger partial charge is 0.317 e. The van der Waals surface area contributed by atoms with Crippen molar-refractivity contribution >= 4 is 11.3 Å². The number of hydrogen-bond donors (Lipinski definition) is 2. The number of nitrogens with one attached hydrogen (secondary N) is 2. The third kappa shape index (κ3) is 3.30. The predicted octanol–water partition coefficient (Wildman–Crippen LogP) is 2.23. The van der Waals surface area contributed by atoms with E-state index in [1.807, 2.05) is 0 Å². The first-order valence-electron chi connectivity index (χ1n) is 5.71. The molecule has 2 heterocycles. The molecule has 0 aliphatic carbocycles. The van der Waals surface area contributed by atoms with Gasteiger partial charge in [0.05, 0.1) is 0 Å². The quantitative estimate of drug-likeness (QED) is 0.819. The molecule has 0 radical (unpaired) electrons. The SMILES string of the molecule is CC1(CNCc2ccsc2)CCNCC1. The molecule has 1 saturated heterocycles. The first-order chi connectivity index (χ1) is 7.29. The van der Waals surface area contributed by atoms with E-state index in [-0.39, 0.29) is 0 Å². The summed E-state index contributed by atoms with van der Waals surface area (Å²) in [5, 5.41) is 11.4. The maximum Gasteiger partial charge on any atom is 0.0213 e. The van der Waals surface area contributed by atoms with Crippen LogP contribution in [0.1, 0.15) is 25.3 Å². The van der Waals surface area contributed by atoms with Crippen molar-refractivity contribution in [2.75, 3.05) is 19.6 Å². The average molecular weight is 224 g/mol. The highest BCUT2D eigenvalue weighted by Crippen LogP contribution is 2.26. The molecule has 0 amide bonds. The molecule has 1 fully saturated rings. The monoisotopic (exact) mass is 224 g/mol. The summed E-state index contributed by atoms with van der Waals surface area (Å²) < 4.78 is 0. The molecule has 1 aromatic rings. The fourth-order valence-electron chi connectivity index (χ4n) is 2.11. The van der Waals surface area contributed by atoms with E-state index in [4.69, 9.17) is 0 Å². The van der Waals surface area contributed by atoms with Gasteiger partial charge in [0.15, 0.2) is 0 Å². The van der Waals surface area contributed by atoms with Crippen LogP contribution in [0.2, 0.25) is 0 Å². The molecule has 2 N–H and O–H groups in total. The molecule has 0 unspecified atom stereocenters. The normalized spacial score (nSPS) is 20.3. The number of piperidine rings is 1. The van der Waals surface area contributed by atoms with Crippen molar-refractivity contribution in [3.63, 3.8) is 0 Å². The molecule has 0 aromatic carbocycles. The van der Waals surface area contributed by atoms with Crippen LogP contribution in [0, 0.1) is 5.41 Å². The van der Waals surface area contributed by atoms with Crippen molar-refractivity contribution in [2.24, 2.45) is 5.41 Å². The minimum absolute atomic E-state index is 0.501. The maximum atomic E-state index is 3.58. The predicted molar refractivity (Wildman–Crippen MR) is 66.2 cm³/mol. The average Bonchev–Trinajstić information content (AvgIpc) is 2.71. The van der Waals surface area contributed by atoms with Gasteiger partial charge in [0.2, 0.25) is 0 Å². The number of thiophene rings is 1. The maximum absolute atomic E-state index is 3.58. The van der Waals surface area contributed by atoms with Crippen molar-refractivity contribution < 1.29 is 0 Å². The standard InChI is InChI=1S/C12H20N2S/c1-12(3-5-13-6-4-12)10-14-8-11-2-7-15-9-11/h2,7,9,13-14H,3-6,8,10H2,1H3. The van der Waals surface area contributed by atoms with Crippen molar-refractivity contribution in [1.29, 1.82) is 0 Å². The van der Waals surface area contributed by atoms with Crippen LogP contribution in [0.4, 0.5) is 0 Å². The first-order valence-corrected chi connectivity index (χ1v) is 6.65. The third-order valence-corrected chi connectivity index (χ3v) is 4.00. The summed E-state index contributed by atoms with van der Waals surface area (Å²) in [6.07, 6.45) is 2.59. The molecule has 0 spiro atoms. The van der Waals surface area contributed by atoms with Crippen LogP contribution in [-0.2, 0) is 6.54 Å². The summed E-state index contributed by atoms with van der Waals surface area (Å²) in [6.45, 7) is 6.92. The minimum atomic E-state index is 0.501. The molecule has 3 heteroatoms. The minimum Gasteiger partial charge on any atom is -0.317 e. The molecule has 1 aromatic heterocycles. The fraction of sp³-hybridized carbons (Fsp3) is 0.667. The number of hydrogen-bond acceptors (Lipinski definition) is 3. The zero-order chi connectivity index (χ0) is 10.6. The molecule has 1 aliphatic rings. The highest BCUT2D eigenvalue weighted by atomic mass is 32.1. The lowest BCUT2D eigenvalue weighted by Gasteiger charge is -2.34. The van der Waals surface area contributed by atoms with E-state index in [1.54, 1.807) is 11.3 Å². The van der Waals surface area contributed by atoms with E-state index < -0.39 is 0 Å². The first kappa shape index (κ1) is 11.1. The van der Waals surface area contributed by atoms with Gasteiger partial charge in [-0.2, -0.15) is 11.3 Å². The van der Waals surface area contributed by atoms with Crippen molar-refractivity contribution in [1.82, 2.24) is 10.6 Å². The van der Waals surface area contributed by atoms with E-state index in [0.717, 1.165) is 13.1 Å². The summed E-state index contributed by atoms with van der Waals surface area (Å²) in [4.78, 5) is 0. The molecule has 2 nitrogen and oxygen atoms in total. The Morgan fingerprint density at radius 1 is 1.47 bits per heavy atom. The Kier molecular flexibility index (Phi) is 3.78. The molecule has 1 aliphatic heterocycles. The molecular formula is C12H20N2S. The van der Waals surface area contributed by atoms with Gasteiger partial charge in [-0.1, -0.05) is 6.92 Å². The highest BCUT2D eigenvalue weighted by molar-refractivity contribution is 7.07. The van der Waals surface area contributed by atoms with Gasteiger partial charge in [-0.05, 0) is 53.7 Å². The van der Waals surface area contributed by atoms with E-state index in [1.165, 1.54) is 31.5 Å². The van der Waals surface area contributed by atoms with Crippen LogP contribution in [0.25, 0.3) is 0 Å². The zero-order valence-corrected chi connectivity index (χ0v) is 10.2. The molecular weight excluding hydrogens is 204 g/mol. The van der Waals surface area contributed by atoms with Gasteiger partial charge in [0.1, 0.15) is 0 Å². The van der Waals surface area contributed by atoms with Crippen LogP contribution in [-0.4, -0.2) is 19.6 Å². The summed E-state index contributed by atoms with van der Waals surface area (Å²) in [5.41, 5.74) is 1.92. The molecule has 0 atom stereocenters. The van der Waals surface area contributed by atoms with E-state index in [9.17, 15) is 0 Å². The second kappa shape index (κ2) is 5.10. The van der Waals surface area contributed by atoms with Gasteiger partial charge in [-0.3, -0.25) is 0 Å². The van der Waals surface area contributed by atoms with Crippen LogP contribution >= 0.6 is 11.3 Å². The van der Waals surface area contributed by atoms with E-state index in [2.05, 4.69) is 34.4 Å². The molecule has 0 saturated carbocycles. The van der Waals surface area contributed by atoms with Gasteiger partial charge in [0, 0.05) is 13.1 Å². The topological polar surface area (TPSA) is 24.1 Å². The Balaban J connectivity index is 1.72. The molecule has 15 heavy (non-hydrogen) atoms.